The molecule has 0 atom stereocenters. The van der Waals surface area contributed by atoms with Gasteiger partial charge >= 0.3 is 0 Å². The lowest BCUT2D eigenvalue weighted by Crippen LogP contribution is -2.27. The molecule has 90 valence electrons. The fourth-order valence-electron chi connectivity index (χ4n) is 2.16. The van der Waals surface area contributed by atoms with Crippen molar-refractivity contribution in [3.63, 3.8) is 0 Å². The average molecular weight is 293 g/mol. The normalized spacial score (nSPS) is 14.4. The highest BCUT2D eigenvalue weighted by molar-refractivity contribution is 9.08. The topological polar surface area (TPSA) is 27.0 Å². The van der Waals surface area contributed by atoms with Gasteiger partial charge in [-0.25, -0.2) is 0 Å². The van der Waals surface area contributed by atoms with Crippen molar-refractivity contribution >= 4 is 21.6 Å². The first kappa shape index (κ1) is 12.4. The molecule has 3 heteroatoms. The van der Waals surface area contributed by atoms with Crippen LogP contribution in [0.2, 0.25) is 0 Å². The van der Waals surface area contributed by atoms with E-state index in [-0.39, 0.29) is 0 Å². The maximum atomic E-state index is 8.75. The second kappa shape index (κ2) is 5.55. The van der Waals surface area contributed by atoms with Gasteiger partial charge in [0.1, 0.15) is 0 Å². The summed E-state index contributed by atoms with van der Waals surface area (Å²) in [5.74, 6) is 0. The minimum Gasteiger partial charge on any atom is -0.367 e. The summed E-state index contributed by atoms with van der Waals surface area (Å²) in [6.07, 6.45) is 3.13. The second-order valence-electron chi connectivity index (χ2n) is 4.60. The van der Waals surface area contributed by atoms with Crippen LogP contribution in [-0.4, -0.2) is 12.6 Å². The van der Waals surface area contributed by atoms with Gasteiger partial charge in [0.25, 0.3) is 0 Å². The van der Waals surface area contributed by atoms with E-state index >= 15 is 0 Å². The summed E-state index contributed by atoms with van der Waals surface area (Å²) in [6, 6.07) is 9.48. The summed E-state index contributed by atoms with van der Waals surface area (Å²) in [5.41, 5.74) is 3.92. The molecule has 1 aromatic rings. The van der Waals surface area contributed by atoms with Crippen molar-refractivity contribution in [1.82, 2.24) is 0 Å². The Morgan fingerprint density at radius 2 is 2.24 bits per heavy atom. The van der Waals surface area contributed by atoms with Crippen LogP contribution in [0.1, 0.15) is 30.4 Å². The molecule has 2 nitrogen and oxygen atoms in total. The molecule has 1 fully saturated rings. The number of rotatable bonds is 5. The maximum absolute atomic E-state index is 8.75. The molecule has 1 saturated carbocycles. The molecule has 0 spiro atoms. The highest BCUT2D eigenvalue weighted by Crippen LogP contribution is 2.34. The third-order valence-corrected chi connectivity index (χ3v) is 3.74. The van der Waals surface area contributed by atoms with Crippen LogP contribution in [0.4, 0.5) is 5.69 Å². The van der Waals surface area contributed by atoms with E-state index < -0.39 is 0 Å². The summed E-state index contributed by atoms with van der Waals surface area (Å²) < 4.78 is 0. The van der Waals surface area contributed by atoms with Crippen LogP contribution < -0.4 is 4.90 Å². The molecule has 0 bridgehead atoms. The van der Waals surface area contributed by atoms with E-state index in [0.717, 1.165) is 11.9 Å². The summed E-state index contributed by atoms with van der Waals surface area (Å²) in [4.78, 5) is 2.40. The quantitative estimate of drug-likeness (QED) is 0.773. The molecule has 2 rings (SSSR count). The number of alkyl halides is 1. The van der Waals surface area contributed by atoms with E-state index in [4.69, 9.17) is 5.26 Å². The lowest BCUT2D eigenvalue weighted by molar-refractivity contribution is 0.789. The number of benzene rings is 1. The Morgan fingerprint density at radius 1 is 1.47 bits per heavy atom. The van der Waals surface area contributed by atoms with Gasteiger partial charge in [0, 0.05) is 23.6 Å². The van der Waals surface area contributed by atoms with E-state index in [0.29, 0.717) is 12.5 Å². The maximum Gasteiger partial charge on any atom is 0.0640 e. The van der Waals surface area contributed by atoms with Gasteiger partial charge in [-0.1, -0.05) is 33.6 Å². The Bertz CT molecular complexity index is 432. The van der Waals surface area contributed by atoms with Gasteiger partial charge in [-0.15, -0.1) is 0 Å². The Balaban J connectivity index is 2.25. The van der Waals surface area contributed by atoms with Crippen molar-refractivity contribution in [1.29, 1.82) is 5.26 Å². The third kappa shape index (κ3) is 3.01. The molecule has 0 N–H and O–H groups in total. The number of aryl methyl sites for hydroxylation is 1. The van der Waals surface area contributed by atoms with E-state index in [1.54, 1.807) is 0 Å². The zero-order valence-electron chi connectivity index (χ0n) is 10.1. The molecule has 0 unspecified atom stereocenters. The Kier molecular flexibility index (Phi) is 4.06. The van der Waals surface area contributed by atoms with Gasteiger partial charge in [-0.05, 0) is 31.4 Å². The molecule has 1 aliphatic carbocycles. The van der Waals surface area contributed by atoms with Gasteiger partial charge in [-0.3, -0.25) is 0 Å². The highest BCUT2D eigenvalue weighted by atomic mass is 79.9. The average Bonchev–Trinajstić information content (AvgIpc) is 3.15. The number of hydrogen-bond acceptors (Lipinski definition) is 2. The Hall–Kier alpha value is -1.01. The van der Waals surface area contributed by atoms with Crippen molar-refractivity contribution in [2.24, 2.45) is 0 Å². The minimum absolute atomic E-state index is 0.603. The van der Waals surface area contributed by atoms with E-state index in [1.807, 2.05) is 0 Å². The number of nitrogens with zero attached hydrogens (tertiary/aromatic N) is 2. The molecule has 0 aromatic heterocycles. The van der Waals surface area contributed by atoms with Gasteiger partial charge in [0.15, 0.2) is 0 Å². The number of hydrogen-bond donors (Lipinski definition) is 0. The summed E-state index contributed by atoms with van der Waals surface area (Å²) in [6.45, 7) is 2.97. The van der Waals surface area contributed by atoms with Crippen LogP contribution in [-0.2, 0) is 5.33 Å². The Labute approximate surface area is 111 Å². The fraction of sp³-hybridized carbons (Fsp3) is 0.500. The molecule has 1 aromatic carbocycles. The predicted molar refractivity (Wildman–Crippen MR) is 74.4 cm³/mol. The van der Waals surface area contributed by atoms with Gasteiger partial charge in [0.05, 0.1) is 12.5 Å². The molecule has 17 heavy (non-hydrogen) atoms. The predicted octanol–water partition coefficient (Wildman–Crippen LogP) is 3.77. The zero-order chi connectivity index (χ0) is 12.3. The second-order valence-corrected chi connectivity index (χ2v) is 5.16. The van der Waals surface area contributed by atoms with E-state index in [9.17, 15) is 0 Å². The molecule has 0 saturated heterocycles. The number of nitriles is 1. The van der Waals surface area contributed by atoms with Crippen LogP contribution >= 0.6 is 15.9 Å². The molecule has 1 aliphatic rings. The highest BCUT2D eigenvalue weighted by Gasteiger charge is 2.29. The first-order chi connectivity index (χ1) is 8.26. The Morgan fingerprint density at radius 3 is 2.82 bits per heavy atom. The van der Waals surface area contributed by atoms with Crippen LogP contribution in [0.3, 0.4) is 0 Å². The summed E-state index contributed by atoms with van der Waals surface area (Å²) in [5, 5.41) is 9.62. The standard InChI is InChI=1S/C14H17BrN2/c1-11-3-6-14(12(9-11)10-15)17(8-2-7-16)13-4-5-13/h3,6,9,13H,2,4-5,8,10H2,1H3. The molecular formula is C14H17BrN2. The van der Waals surface area contributed by atoms with Gasteiger partial charge in [-0.2, -0.15) is 5.26 Å². The molecule has 0 radical (unpaired) electrons. The largest absolute Gasteiger partial charge is 0.367 e. The fourth-order valence-corrected chi connectivity index (χ4v) is 2.61. The molecule has 0 amide bonds. The van der Waals surface area contributed by atoms with E-state index in [2.05, 4.69) is 52.0 Å². The third-order valence-electron chi connectivity index (χ3n) is 3.14. The number of halogens is 1. The van der Waals surface area contributed by atoms with Crippen LogP contribution in [0.5, 0.6) is 0 Å². The number of anilines is 1. The lowest BCUT2D eigenvalue weighted by atomic mass is 10.1. The van der Waals surface area contributed by atoms with Crippen molar-refractivity contribution in [2.45, 2.75) is 37.6 Å². The van der Waals surface area contributed by atoms with Crippen molar-refractivity contribution in [2.75, 3.05) is 11.4 Å². The van der Waals surface area contributed by atoms with Gasteiger partial charge in [0.2, 0.25) is 0 Å². The van der Waals surface area contributed by atoms with E-state index in [1.165, 1.54) is 29.7 Å². The molecule has 0 heterocycles. The summed E-state index contributed by atoms with van der Waals surface area (Å²) >= 11 is 3.56. The van der Waals surface area contributed by atoms with Crippen molar-refractivity contribution < 1.29 is 0 Å². The smallest absolute Gasteiger partial charge is 0.0640 e. The minimum atomic E-state index is 0.603. The lowest BCUT2D eigenvalue weighted by Gasteiger charge is -2.26. The molecule has 0 aliphatic heterocycles. The van der Waals surface area contributed by atoms with Crippen LogP contribution in [0, 0.1) is 18.3 Å². The van der Waals surface area contributed by atoms with Crippen molar-refractivity contribution in [3.8, 4) is 6.07 Å². The SMILES string of the molecule is Cc1ccc(N(CCC#N)C2CC2)c(CBr)c1. The first-order valence-corrected chi connectivity index (χ1v) is 7.17. The van der Waals surface area contributed by atoms with Crippen molar-refractivity contribution in [3.05, 3.63) is 29.3 Å². The first-order valence-electron chi connectivity index (χ1n) is 6.05. The van der Waals surface area contributed by atoms with Crippen LogP contribution in [0.15, 0.2) is 18.2 Å². The monoisotopic (exact) mass is 292 g/mol. The summed E-state index contributed by atoms with van der Waals surface area (Å²) in [7, 11) is 0. The van der Waals surface area contributed by atoms with Gasteiger partial charge < -0.3 is 4.90 Å². The zero-order valence-corrected chi connectivity index (χ0v) is 11.7. The van der Waals surface area contributed by atoms with Crippen LogP contribution in [0.25, 0.3) is 0 Å². The molecular weight excluding hydrogens is 276 g/mol.